The minimum Gasteiger partial charge on any atom is -0.302 e. The molecule has 0 atom stereocenters. The molecular formula is C22H26N4O3. The number of nitrogens with zero attached hydrogens (tertiary/aromatic N) is 3. The first-order valence-electron chi connectivity index (χ1n) is 9.66. The first kappa shape index (κ1) is 20.7. The van der Waals surface area contributed by atoms with Crippen LogP contribution in [0, 0.1) is 6.92 Å². The summed E-state index contributed by atoms with van der Waals surface area (Å²) in [5, 5.41) is 0.554. The predicted octanol–water partition coefficient (Wildman–Crippen LogP) is 2.83. The standard InChI is InChI=1S/C22H26N4O3/c1-5-25(4)13-16-8-10-19-18(11-16)22(28)26(14-23-19)20-12-17(9-7-15(20)3)21(27)24-29-6-2/h7-12,14H,5-6,13H2,1-4H3,(H,24,27). The second kappa shape index (κ2) is 8.98. The summed E-state index contributed by atoms with van der Waals surface area (Å²) in [5.41, 5.74) is 5.80. The number of amides is 1. The van der Waals surface area contributed by atoms with Crippen LogP contribution in [0.15, 0.2) is 47.5 Å². The van der Waals surface area contributed by atoms with Crippen molar-refractivity contribution in [2.45, 2.75) is 27.3 Å². The fourth-order valence-corrected chi connectivity index (χ4v) is 3.07. The summed E-state index contributed by atoms with van der Waals surface area (Å²) in [6, 6.07) is 10.9. The number of carbonyl (C=O) groups excluding carboxylic acids is 1. The van der Waals surface area contributed by atoms with Gasteiger partial charge in [-0.3, -0.25) is 19.0 Å². The minimum atomic E-state index is -0.361. The number of hydrogen-bond acceptors (Lipinski definition) is 5. The molecule has 0 aliphatic rings. The third-order valence-electron chi connectivity index (χ3n) is 4.85. The van der Waals surface area contributed by atoms with Crippen molar-refractivity contribution in [2.75, 3.05) is 20.2 Å². The zero-order valence-corrected chi connectivity index (χ0v) is 17.2. The molecule has 3 aromatic rings. The lowest BCUT2D eigenvalue weighted by Gasteiger charge is -2.15. The number of rotatable bonds is 7. The molecule has 0 aliphatic heterocycles. The SMILES string of the molecule is CCONC(=O)c1ccc(C)c(-n2cnc3ccc(CN(C)CC)cc3c2=O)c1. The third-order valence-corrected chi connectivity index (χ3v) is 4.85. The van der Waals surface area contributed by atoms with Crippen molar-refractivity contribution < 1.29 is 9.63 Å². The summed E-state index contributed by atoms with van der Waals surface area (Å²) in [6.07, 6.45) is 1.51. The van der Waals surface area contributed by atoms with Crippen LogP contribution in [0.3, 0.4) is 0 Å². The van der Waals surface area contributed by atoms with E-state index in [9.17, 15) is 9.59 Å². The first-order valence-corrected chi connectivity index (χ1v) is 9.66. The number of benzene rings is 2. The topological polar surface area (TPSA) is 76.5 Å². The van der Waals surface area contributed by atoms with Crippen LogP contribution in [0.1, 0.15) is 35.3 Å². The van der Waals surface area contributed by atoms with Gasteiger partial charge in [-0.05, 0) is 62.8 Å². The molecule has 7 heteroatoms. The molecule has 0 saturated heterocycles. The highest BCUT2D eigenvalue weighted by molar-refractivity contribution is 5.94. The maximum absolute atomic E-state index is 13.2. The number of aromatic nitrogens is 2. The molecule has 0 bridgehead atoms. The lowest BCUT2D eigenvalue weighted by molar-refractivity contribution is 0.0364. The highest BCUT2D eigenvalue weighted by Gasteiger charge is 2.13. The average Bonchev–Trinajstić information content (AvgIpc) is 2.73. The highest BCUT2D eigenvalue weighted by atomic mass is 16.6. The van der Waals surface area contributed by atoms with Crippen LogP contribution in [0.5, 0.6) is 0 Å². The fourth-order valence-electron chi connectivity index (χ4n) is 3.07. The Hall–Kier alpha value is -3.03. The van der Waals surface area contributed by atoms with E-state index in [2.05, 4.69) is 22.3 Å². The molecule has 0 spiro atoms. The van der Waals surface area contributed by atoms with Gasteiger partial charge < -0.3 is 4.90 Å². The molecule has 2 aromatic carbocycles. The normalized spacial score (nSPS) is 11.2. The van der Waals surface area contributed by atoms with Crippen molar-refractivity contribution in [1.29, 1.82) is 0 Å². The Bertz CT molecular complexity index is 1090. The molecule has 1 amide bonds. The van der Waals surface area contributed by atoms with E-state index in [1.165, 1.54) is 10.9 Å². The minimum absolute atomic E-state index is 0.165. The second-order valence-corrected chi connectivity index (χ2v) is 6.97. The van der Waals surface area contributed by atoms with Gasteiger partial charge in [0.1, 0.15) is 6.33 Å². The number of aryl methyl sites for hydroxylation is 1. The Morgan fingerprint density at radius 1 is 1.21 bits per heavy atom. The number of hydroxylamine groups is 1. The zero-order chi connectivity index (χ0) is 21.0. The molecule has 0 unspecified atom stereocenters. The van der Waals surface area contributed by atoms with E-state index in [1.807, 2.05) is 32.2 Å². The number of carbonyl (C=O) groups is 1. The van der Waals surface area contributed by atoms with E-state index in [0.29, 0.717) is 28.8 Å². The summed E-state index contributed by atoms with van der Waals surface area (Å²) in [5.74, 6) is -0.361. The van der Waals surface area contributed by atoms with Gasteiger partial charge in [0.2, 0.25) is 0 Å². The summed E-state index contributed by atoms with van der Waals surface area (Å²) < 4.78 is 1.49. The summed E-state index contributed by atoms with van der Waals surface area (Å²) in [7, 11) is 2.04. The van der Waals surface area contributed by atoms with E-state index < -0.39 is 0 Å². The van der Waals surface area contributed by atoms with Crippen molar-refractivity contribution in [3.63, 3.8) is 0 Å². The molecule has 1 heterocycles. The van der Waals surface area contributed by atoms with Gasteiger partial charge >= 0.3 is 0 Å². The monoisotopic (exact) mass is 394 g/mol. The molecule has 0 radical (unpaired) electrons. The van der Waals surface area contributed by atoms with Crippen LogP contribution in [0.2, 0.25) is 0 Å². The lowest BCUT2D eigenvalue weighted by atomic mass is 10.1. The molecule has 0 fully saturated rings. The van der Waals surface area contributed by atoms with Gasteiger partial charge in [-0.1, -0.05) is 19.1 Å². The molecule has 1 N–H and O–H groups in total. The maximum Gasteiger partial charge on any atom is 0.274 e. The molecule has 7 nitrogen and oxygen atoms in total. The molecule has 1 aromatic heterocycles. The molecule has 0 saturated carbocycles. The number of nitrogens with one attached hydrogen (secondary N) is 1. The summed E-state index contributed by atoms with van der Waals surface area (Å²) >= 11 is 0. The summed E-state index contributed by atoms with van der Waals surface area (Å²) in [6.45, 7) is 7.82. The molecule has 3 rings (SSSR count). The van der Waals surface area contributed by atoms with E-state index >= 15 is 0 Å². The van der Waals surface area contributed by atoms with Crippen LogP contribution < -0.4 is 11.0 Å². The van der Waals surface area contributed by atoms with Crippen molar-refractivity contribution >= 4 is 16.8 Å². The predicted molar refractivity (Wildman–Crippen MR) is 113 cm³/mol. The Labute approximate surface area is 169 Å². The average molecular weight is 394 g/mol. The largest absolute Gasteiger partial charge is 0.302 e. The van der Waals surface area contributed by atoms with Gasteiger partial charge in [0.15, 0.2) is 0 Å². The van der Waals surface area contributed by atoms with Crippen molar-refractivity contribution in [3.8, 4) is 5.69 Å². The lowest BCUT2D eigenvalue weighted by Crippen LogP contribution is -2.25. The van der Waals surface area contributed by atoms with Gasteiger partial charge in [-0.25, -0.2) is 10.5 Å². The molecular weight excluding hydrogens is 368 g/mol. The van der Waals surface area contributed by atoms with Crippen LogP contribution in [-0.4, -0.2) is 40.6 Å². The quantitative estimate of drug-likeness (QED) is 0.624. The van der Waals surface area contributed by atoms with Crippen molar-refractivity contribution in [3.05, 3.63) is 69.8 Å². The Balaban J connectivity index is 2.06. The third kappa shape index (κ3) is 4.52. The van der Waals surface area contributed by atoms with E-state index in [-0.39, 0.29) is 11.5 Å². The van der Waals surface area contributed by atoms with Gasteiger partial charge in [0.25, 0.3) is 11.5 Å². The smallest absolute Gasteiger partial charge is 0.274 e. The van der Waals surface area contributed by atoms with Gasteiger partial charge in [0, 0.05) is 12.1 Å². The van der Waals surface area contributed by atoms with Gasteiger partial charge in [-0.2, -0.15) is 0 Å². The highest BCUT2D eigenvalue weighted by Crippen LogP contribution is 2.17. The van der Waals surface area contributed by atoms with Crippen LogP contribution in [0.4, 0.5) is 0 Å². The van der Waals surface area contributed by atoms with Crippen molar-refractivity contribution in [1.82, 2.24) is 19.9 Å². The molecule has 0 aliphatic carbocycles. The van der Waals surface area contributed by atoms with E-state index in [0.717, 1.165) is 24.2 Å². The second-order valence-electron chi connectivity index (χ2n) is 6.97. The Kier molecular flexibility index (Phi) is 6.41. The van der Waals surface area contributed by atoms with Gasteiger partial charge in [0.05, 0.1) is 23.2 Å². The van der Waals surface area contributed by atoms with E-state index in [4.69, 9.17) is 4.84 Å². The molecule has 152 valence electrons. The van der Waals surface area contributed by atoms with Crippen LogP contribution in [-0.2, 0) is 11.4 Å². The van der Waals surface area contributed by atoms with Crippen molar-refractivity contribution in [2.24, 2.45) is 0 Å². The number of hydrogen-bond donors (Lipinski definition) is 1. The molecule has 29 heavy (non-hydrogen) atoms. The first-order chi connectivity index (χ1) is 13.9. The Morgan fingerprint density at radius 3 is 2.72 bits per heavy atom. The van der Waals surface area contributed by atoms with E-state index in [1.54, 1.807) is 25.1 Å². The fraction of sp³-hybridized carbons (Fsp3) is 0.318. The van der Waals surface area contributed by atoms with Crippen LogP contribution >= 0.6 is 0 Å². The maximum atomic E-state index is 13.2. The van der Waals surface area contributed by atoms with Gasteiger partial charge in [-0.15, -0.1) is 0 Å². The zero-order valence-electron chi connectivity index (χ0n) is 17.2. The Morgan fingerprint density at radius 2 is 2.00 bits per heavy atom. The number of fused-ring (bicyclic) bond motifs is 1. The van der Waals surface area contributed by atoms with Crippen LogP contribution in [0.25, 0.3) is 16.6 Å². The summed E-state index contributed by atoms with van der Waals surface area (Å²) in [4.78, 5) is 37.0.